The van der Waals surface area contributed by atoms with Crippen LogP contribution in [0.4, 0.5) is 0 Å². The zero-order chi connectivity index (χ0) is 31.3. The molecule has 40 heavy (non-hydrogen) atoms. The Morgan fingerprint density at radius 2 is 0.675 bits per heavy atom. The molecule has 0 bridgehead atoms. The molecule has 0 atom stereocenters. The normalized spacial score (nSPS) is 10.6. The van der Waals surface area contributed by atoms with Crippen LogP contribution >= 0.6 is 0 Å². The first-order valence-corrected chi connectivity index (χ1v) is 11.3. The average Bonchev–Trinajstić information content (AvgIpc) is 2.84. The number of rotatable bonds is 9. The molecule has 0 radical (unpaired) electrons. The number of hydrogen-bond donors (Lipinski definition) is 3. The van der Waals surface area contributed by atoms with E-state index in [0.29, 0.717) is 0 Å². The Hall–Kier alpha value is -4.04. The second-order valence-electron chi connectivity index (χ2n) is 7.45. The van der Waals surface area contributed by atoms with Crippen molar-refractivity contribution in [3.63, 3.8) is 0 Å². The van der Waals surface area contributed by atoms with Gasteiger partial charge in [-0.05, 0) is 20.8 Å². The van der Waals surface area contributed by atoms with Crippen LogP contribution in [0.3, 0.4) is 0 Å². The van der Waals surface area contributed by atoms with E-state index in [0.717, 1.165) is 18.2 Å². The first-order chi connectivity index (χ1) is 18.0. The molecule has 0 aromatic heterocycles. The van der Waals surface area contributed by atoms with Crippen molar-refractivity contribution in [3.8, 4) is 0 Å². The number of carbonyl (C=O) groups excluding carboxylic acids is 6. The van der Waals surface area contributed by atoms with Crippen molar-refractivity contribution in [2.75, 3.05) is 62.1 Å². The standard InChI is InChI=1S/3C8H13NO4.Fe/c3*1-4-13-8(12)6(10)5-7(11)9(2)3;/h3*5,10H,4H2,1-3H3;. The van der Waals surface area contributed by atoms with E-state index in [1.54, 1.807) is 20.8 Å². The molecule has 230 valence electrons. The van der Waals surface area contributed by atoms with Gasteiger partial charge in [-0.1, -0.05) is 0 Å². The number of aliphatic hydroxyl groups excluding tert-OH is 3. The summed E-state index contributed by atoms with van der Waals surface area (Å²) in [6.07, 6.45) is 2.45. The largest absolute Gasteiger partial charge is 0.502 e. The van der Waals surface area contributed by atoms with E-state index in [1.807, 2.05) is 0 Å². The van der Waals surface area contributed by atoms with E-state index in [2.05, 4.69) is 14.2 Å². The quantitative estimate of drug-likeness (QED) is 0.105. The minimum Gasteiger partial charge on any atom is -0.502 e. The molecular formula is C24H39FeN3O12. The number of esters is 3. The summed E-state index contributed by atoms with van der Waals surface area (Å²) in [5, 5.41) is 27.0. The molecule has 0 fully saturated rings. The fraction of sp³-hybridized carbons (Fsp3) is 0.500. The van der Waals surface area contributed by atoms with Gasteiger partial charge in [0.25, 0.3) is 0 Å². The second kappa shape index (κ2) is 24.0. The summed E-state index contributed by atoms with van der Waals surface area (Å²) in [4.78, 5) is 68.9. The van der Waals surface area contributed by atoms with Gasteiger partial charge < -0.3 is 44.2 Å². The van der Waals surface area contributed by atoms with Gasteiger partial charge >= 0.3 is 17.9 Å². The van der Waals surface area contributed by atoms with Crippen LogP contribution in [0, 0.1) is 0 Å². The van der Waals surface area contributed by atoms with E-state index in [-0.39, 0.29) is 36.9 Å². The van der Waals surface area contributed by atoms with Crippen molar-refractivity contribution in [1.82, 2.24) is 14.7 Å². The van der Waals surface area contributed by atoms with Crippen LogP contribution < -0.4 is 0 Å². The monoisotopic (exact) mass is 617 g/mol. The number of aliphatic hydroxyl groups is 3. The molecule has 0 spiro atoms. The third kappa shape index (κ3) is 22.0. The van der Waals surface area contributed by atoms with Crippen LogP contribution in [-0.4, -0.2) is 128 Å². The predicted octanol–water partition coefficient (Wildman–Crippen LogP) is 0.236. The maximum absolute atomic E-state index is 10.9. The van der Waals surface area contributed by atoms with E-state index < -0.39 is 52.9 Å². The van der Waals surface area contributed by atoms with E-state index in [9.17, 15) is 28.8 Å². The van der Waals surface area contributed by atoms with Crippen molar-refractivity contribution in [2.24, 2.45) is 0 Å². The minimum absolute atomic E-state index is 0. The van der Waals surface area contributed by atoms with Crippen molar-refractivity contribution >= 4 is 35.6 Å². The molecule has 0 saturated carbocycles. The van der Waals surface area contributed by atoms with Crippen LogP contribution in [0.25, 0.3) is 0 Å². The smallest absolute Gasteiger partial charge is 0.373 e. The number of nitrogens with zero attached hydrogens (tertiary/aromatic N) is 3. The van der Waals surface area contributed by atoms with Crippen molar-refractivity contribution < 1.29 is 75.4 Å². The Bertz CT molecular complexity index is 823. The number of amides is 3. The summed E-state index contributed by atoms with van der Waals surface area (Å²) in [5.74, 6) is -6.11. The van der Waals surface area contributed by atoms with Gasteiger partial charge in [0.15, 0.2) is 0 Å². The molecule has 0 saturated heterocycles. The molecule has 0 aliphatic rings. The Balaban J connectivity index is -0.000000240. The first kappa shape index (κ1) is 43.0. The van der Waals surface area contributed by atoms with Crippen LogP contribution in [-0.2, 0) is 60.0 Å². The molecule has 15 nitrogen and oxygen atoms in total. The van der Waals surface area contributed by atoms with Gasteiger partial charge in [-0.15, -0.1) is 0 Å². The molecule has 0 aliphatic carbocycles. The summed E-state index contributed by atoms with van der Waals surface area (Å²) < 4.78 is 13.4. The molecule has 0 aromatic carbocycles. The molecule has 0 heterocycles. The van der Waals surface area contributed by atoms with Gasteiger partial charge in [0.1, 0.15) is 0 Å². The van der Waals surface area contributed by atoms with Crippen LogP contribution in [0.5, 0.6) is 0 Å². The summed E-state index contributed by atoms with van der Waals surface area (Å²) in [7, 11) is 9.07. The van der Waals surface area contributed by atoms with Gasteiger partial charge in [-0.3, -0.25) is 14.4 Å². The molecule has 0 aliphatic heterocycles. The fourth-order valence-electron chi connectivity index (χ4n) is 1.53. The Kier molecular flexibility index (Phi) is 25.9. The third-order valence-corrected chi connectivity index (χ3v) is 3.56. The molecular weight excluding hydrogens is 578 g/mol. The average molecular weight is 617 g/mol. The minimum atomic E-state index is -0.891. The second-order valence-corrected chi connectivity index (χ2v) is 7.45. The number of likely N-dealkylation sites (N-methyl/N-ethyl adjacent to an activating group) is 3. The van der Waals surface area contributed by atoms with E-state index in [4.69, 9.17) is 15.3 Å². The van der Waals surface area contributed by atoms with Gasteiger partial charge in [-0.25, -0.2) is 14.4 Å². The molecule has 0 aromatic rings. The van der Waals surface area contributed by atoms with Gasteiger partial charge in [0, 0.05) is 59.4 Å². The number of ether oxygens (including phenoxy) is 3. The van der Waals surface area contributed by atoms with Crippen molar-refractivity contribution in [3.05, 3.63) is 35.5 Å². The zero-order valence-corrected chi connectivity index (χ0v) is 25.2. The Morgan fingerprint density at radius 1 is 0.500 bits per heavy atom. The third-order valence-electron chi connectivity index (χ3n) is 3.56. The SMILES string of the molecule is CCOC(=O)C(O)=CC(=O)N(C)C.CCOC(=O)C(O)=CC(=O)N(C)C.CCOC(=O)C(O)=CC(=O)N(C)C.[Fe]. The van der Waals surface area contributed by atoms with Crippen LogP contribution in [0.2, 0.25) is 0 Å². The summed E-state index contributed by atoms with van der Waals surface area (Å²) >= 11 is 0. The fourth-order valence-corrected chi connectivity index (χ4v) is 1.53. The van der Waals surface area contributed by atoms with Crippen molar-refractivity contribution in [2.45, 2.75) is 20.8 Å². The van der Waals surface area contributed by atoms with E-state index in [1.165, 1.54) is 57.0 Å². The Morgan fingerprint density at radius 3 is 0.800 bits per heavy atom. The van der Waals surface area contributed by atoms with Crippen molar-refractivity contribution in [1.29, 1.82) is 0 Å². The maximum atomic E-state index is 10.9. The van der Waals surface area contributed by atoms with Gasteiger partial charge in [0.05, 0.1) is 38.0 Å². The predicted molar refractivity (Wildman–Crippen MR) is 138 cm³/mol. The molecule has 3 amide bonds. The number of hydrogen-bond acceptors (Lipinski definition) is 12. The Labute approximate surface area is 244 Å². The molecule has 3 N–H and O–H groups in total. The topological polar surface area (TPSA) is 201 Å². The molecule has 0 rings (SSSR count). The maximum Gasteiger partial charge on any atom is 0.373 e. The first-order valence-electron chi connectivity index (χ1n) is 11.3. The molecule has 16 heteroatoms. The van der Waals surface area contributed by atoms with E-state index >= 15 is 0 Å². The molecule has 0 unspecified atom stereocenters. The summed E-state index contributed by atoms with van der Waals surface area (Å²) in [6.45, 7) is 5.31. The summed E-state index contributed by atoms with van der Waals surface area (Å²) in [5.41, 5.74) is 0. The van der Waals surface area contributed by atoms with Gasteiger partial charge in [0.2, 0.25) is 35.0 Å². The van der Waals surface area contributed by atoms with Crippen LogP contribution in [0.1, 0.15) is 20.8 Å². The number of carbonyl (C=O) groups is 6. The summed E-state index contributed by atoms with van der Waals surface area (Å²) in [6, 6.07) is 0. The van der Waals surface area contributed by atoms with Gasteiger partial charge in [-0.2, -0.15) is 0 Å². The zero-order valence-electron chi connectivity index (χ0n) is 24.1. The van der Waals surface area contributed by atoms with Crippen LogP contribution in [0.15, 0.2) is 35.5 Å².